The molecule has 5 heteroatoms. The van der Waals surface area contributed by atoms with Crippen molar-refractivity contribution in [1.82, 2.24) is 9.97 Å². The molecule has 0 bridgehead atoms. The van der Waals surface area contributed by atoms with Crippen molar-refractivity contribution in [2.24, 2.45) is 0 Å². The summed E-state index contributed by atoms with van der Waals surface area (Å²) < 4.78 is 5.66. The number of hydrogen-bond donors (Lipinski definition) is 2. The van der Waals surface area contributed by atoms with Gasteiger partial charge in [0.2, 0.25) is 0 Å². The van der Waals surface area contributed by atoms with Gasteiger partial charge in [-0.15, -0.1) is 0 Å². The summed E-state index contributed by atoms with van der Waals surface area (Å²) in [6, 6.07) is 9.85. The SMILES string of the molecule is CNc1nc(C)nc(NCCCOc2ccccc2)c1C. The summed E-state index contributed by atoms with van der Waals surface area (Å²) >= 11 is 0. The fourth-order valence-corrected chi connectivity index (χ4v) is 2.03. The van der Waals surface area contributed by atoms with Crippen LogP contribution in [0.2, 0.25) is 0 Å². The third-order valence-electron chi connectivity index (χ3n) is 3.12. The largest absolute Gasteiger partial charge is 0.494 e. The molecule has 0 fully saturated rings. The summed E-state index contributed by atoms with van der Waals surface area (Å²) in [5.74, 6) is 3.41. The Morgan fingerprint density at radius 1 is 1.05 bits per heavy atom. The molecule has 5 nitrogen and oxygen atoms in total. The zero-order valence-electron chi connectivity index (χ0n) is 12.8. The second-order valence-electron chi connectivity index (χ2n) is 4.78. The molecule has 0 atom stereocenters. The van der Waals surface area contributed by atoms with Crippen molar-refractivity contribution < 1.29 is 4.74 Å². The number of benzene rings is 1. The summed E-state index contributed by atoms with van der Waals surface area (Å²) in [6.07, 6.45) is 0.909. The third-order valence-corrected chi connectivity index (χ3v) is 3.12. The lowest BCUT2D eigenvalue weighted by atomic mass is 10.3. The van der Waals surface area contributed by atoms with E-state index in [1.54, 1.807) is 0 Å². The minimum atomic E-state index is 0.680. The minimum Gasteiger partial charge on any atom is -0.494 e. The zero-order chi connectivity index (χ0) is 15.1. The Morgan fingerprint density at radius 2 is 1.76 bits per heavy atom. The lowest BCUT2D eigenvalue weighted by Crippen LogP contribution is -2.11. The molecule has 0 amide bonds. The van der Waals surface area contributed by atoms with Crippen LogP contribution in [-0.2, 0) is 0 Å². The highest BCUT2D eigenvalue weighted by molar-refractivity contribution is 5.56. The number of para-hydroxylation sites is 1. The van der Waals surface area contributed by atoms with Gasteiger partial charge in [0.1, 0.15) is 23.2 Å². The molecule has 0 saturated heterocycles. The maximum atomic E-state index is 5.66. The Labute approximate surface area is 125 Å². The number of nitrogens with zero attached hydrogens (tertiary/aromatic N) is 2. The first kappa shape index (κ1) is 15.1. The fourth-order valence-electron chi connectivity index (χ4n) is 2.03. The van der Waals surface area contributed by atoms with Gasteiger partial charge in [-0.25, -0.2) is 9.97 Å². The molecule has 2 aromatic rings. The van der Waals surface area contributed by atoms with E-state index < -0.39 is 0 Å². The average Bonchev–Trinajstić information content (AvgIpc) is 2.51. The Kier molecular flexibility index (Phi) is 5.37. The smallest absolute Gasteiger partial charge is 0.134 e. The van der Waals surface area contributed by atoms with Crippen LogP contribution in [0.5, 0.6) is 5.75 Å². The molecular weight excluding hydrogens is 264 g/mol. The normalized spacial score (nSPS) is 10.2. The molecule has 0 radical (unpaired) electrons. The molecular formula is C16H22N4O. The van der Waals surface area contributed by atoms with Gasteiger partial charge in [-0.2, -0.15) is 0 Å². The van der Waals surface area contributed by atoms with Crippen LogP contribution in [0.15, 0.2) is 30.3 Å². The molecule has 1 aromatic heterocycles. The van der Waals surface area contributed by atoms with E-state index in [0.29, 0.717) is 6.61 Å². The van der Waals surface area contributed by atoms with Crippen LogP contribution in [0.25, 0.3) is 0 Å². The lowest BCUT2D eigenvalue weighted by Gasteiger charge is -2.12. The van der Waals surface area contributed by atoms with Crippen LogP contribution in [-0.4, -0.2) is 30.2 Å². The molecule has 0 saturated carbocycles. The van der Waals surface area contributed by atoms with Crippen molar-refractivity contribution in [3.8, 4) is 5.75 Å². The van der Waals surface area contributed by atoms with Crippen LogP contribution in [0, 0.1) is 13.8 Å². The van der Waals surface area contributed by atoms with Gasteiger partial charge in [0, 0.05) is 19.2 Å². The van der Waals surface area contributed by atoms with Gasteiger partial charge < -0.3 is 15.4 Å². The second-order valence-corrected chi connectivity index (χ2v) is 4.78. The fraction of sp³-hybridized carbons (Fsp3) is 0.375. The monoisotopic (exact) mass is 286 g/mol. The lowest BCUT2D eigenvalue weighted by molar-refractivity contribution is 0.315. The molecule has 0 unspecified atom stereocenters. The van der Waals surface area contributed by atoms with E-state index >= 15 is 0 Å². The summed E-state index contributed by atoms with van der Waals surface area (Å²) in [6.45, 7) is 5.39. The number of aryl methyl sites for hydroxylation is 1. The average molecular weight is 286 g/mol. The van der Waals surface area contributed by atoms with Crippen LogP contribution < -0.4 is 15.4 Å². The van der Waals surface area contributed by atoms with Gasteiger partial charge in [-0.1, -0.05) is 18.2 Å². The molecule has 0 aliphatic rings. The number of rotatable bonds is 7. The molecule has 0 aliphatic carbocycles. The van der Waals surface area contributed by atoms with Crippen molar-refractivity contribution in [2.75, 3.05) is 30.8 Å². The predicted octanol–water partition coefficient (Wildman–Crippen LogP) is 3.02. The van der Waals surface area contributed by atoms with E-state index in [2.05, 4.69) is 20.6 Å². The Balaban J connectivity index is 1.80. The van der Waals surface area contributed by atoms with E-state index in [-0.39, 0.29) is 0 Å². The first-order valence-corrected chi connectivity index (χ1v) is 7.15. The highest BCUT2D eigenvalue weighted by Gasteiger charge is 2.07. The Bertz CT molecular complexity index is 572. The number of nitrogens with one attached hydrogen (secondary N) is 2. The van der Waals surface area contributed by atoms with Gasteiger partial charge in [-0.3, -0.25) is 0 Å². The van der Waals surface area contributed by atoms with E-state index in [4.69, 9.17) is 4.74 Å². The molecule has 21 heavy (non-hydrogen) atoms. The van der Waals surface area contributed by atoms with Crippen molar-refractivity contribution in [3.63, 3.8) is 0 Å². The number of aromatic nitrogens is 2. The summed E-state index contributed by atoms with van der Waals surface area (Å²) in [4.78, 5) is 8.78. The minimum absolute atomic E-state index is 0.680. The highest BCUT2D eigenvalue weighted by Crippen LogP contribution is 2.19. The zero-order valence-corrected chi connectivity index (χ0v) is 12.8. The first-order chi connectivity index (χ1) is 10.2. The van der Waals surface area contributed by atoms with Crippen molar-refractivity contribution in [1.29, 1.82) is 0 Å². The van der Waals surface area contributed by atoms with Gasteiger partial charge in [0.05, 0.1) is 6.61 Å². The van der Waals surface area contributed by atoms with Crippen molar-refractivity contribution in [3.05, 3.63) is 41.7 Å². The standard InChI is InChI=1S/C16H22N4O/c1-12-15(17-3)19-13(2)20-16(12)18-10-7-11-21-14-8-5-4-6-9-14/h4-6,8-9H,7,10-11H2,1-3H3,(H2,17,18,19,20). The summed E-state index contributed by atoms with van der Waals surface area (Å²) in [5, 5.41) is 6.43. The maximum absolute atomic E-state index is 5.66. The molecule has 1 aromatic carbocycles. The Hall–Kier alpha value is -2.30. The number of anilines is 2. The maximum Gasteiger partial charge on any atom is 0.134 e. The number of hydrogen-bond acceptors (Lipinski definition) is 5. The Morgan fingerprint density at radius 3 is 2.48 bits per heavy atom. The van der Waals surface area contributed by atoms with E-state index in [0.717, 1.165) is 41.7 Å². The molecule has 0 spiro atoms. The van der Waals surface area contributed by atoms with Gasteiger partial charge in [-0.05, 0) is 32.4 Å². The molecule has 2 rings (SSSR count). The molecule has 2 N–H and O–H groups in total. The van der Waals surface area contributed by atoms with E-state index in [9.17, 15) is 0 Å². The molecule has 1 heterocycles. The molecule has 112 valence electrons. The summed E-state index contributed by atoms with van der Waals surface area (Å²) in [7, 11) is 1.87. The number of ether oxygens (including phenoxy) is 1. The quantitative estimate of drug-likeness (QED) is 0.766. The van der Waals surface area contributed by atoms with Gasteiger partial charge >= 0.3 is 0 Å². The van der Waals surface area contributed by atoms with Crippen LogP contribution in [0.4, 0.5) is 11.6 Å². The predicted molar refractivity (Wildman–Crippen MR) is 86.1 cm³/mol. The molecule has 0 aliphatic heterocycles. The van der Waals surface area contributed by atoms with Crippen LogP contribution in [0.3, 0.4) is 0 Å². The first-order valence-electron chi connectivity index (χ1n) is 7.15. The van der Waals surface area contributed by atoms with Gasteiger partial charge in [0.25, 0.3) is 0 Å². The third kappa shape index (κ3) is 4.34. The summed E-state index contributed by atoms with van der Waals surface area (Å²) in [5.41, 5.74) is 1.03. The second kappa shape index (κ2) is 7.47. The topological polar surface area (TPSA) is 59.1 Å². The van der Waals surface area contributed by atoms with Crippen molar-refractivity contribution >= 4 is 11.6 Å². The van der Waals surface area contributed by atoms with E-state index in [1.807, 2.05) is 51.2 Å². The van der Waals surface area contributed by atoms with Crippen LogP contribution >= 0.6 is 0 Å². The highest BCUT2D eigenvalue weighted by atomic mass is 16.5. The van der Waals surface area contributed by atoms with Crippen LogP contribution in [0.1, 0.15) is 17.8 Å². The van der Waals surface area contributed by atoms with E-state index in [1.165, 1.54) is 0 Å². The van der Waals surface area contributed by atoms with Crippen molar-refractivity contribution in [2.45, 2.75) is 20.3 Å². The van der Waals surface area contributed by atoms with Gasteiger partial charge in [0.15, 0.2) is 0 Å².